The number of hydrogen-bond donors (Lipinski definition) is 4. The van der Waals surface area contributed by atoms with Crippen molar-refractivity contribution in [1.82, 2.24) is 31.2 Å². The highest BCUT2D eigenvalue weighted by Crippen LogP contribution is 2.32. The number of fused-ring (bicyclic) bond motifs is 6. The van der Waals surface area contributed by atoms with Gasteiger partial charge in [0.25, 0.3) is 11.8 Å². The highest BCUT2D eigenvalue weighted by Gasteiger charge is 2.42. The zero-order valence-electron chi connectivity index (χ0n) is 32.0. The zero-order chi connectivity index (χ0) is 38.3. The lowest BCUT2D eigenvalue weighted by molar-refractivity contribution is -0.125. The molecule has 284 valence electrons. The Kier molecular flexibility index (Phi) is 11.8. The van der Waals surface area contributed by atoms with Gasteiger partial charge < -0.3 is 30.7 Å². The Morgan fingerprint density at radius 2 is 0.865 bits per heavy atom. The number of rotatable bonds is 4. The first-order chi connectivity index (χ1) is 24.4. The number of aliphatic imine (C=N–C) groups is 2. The second kappa shape index (κ2) is 15.6. The minimum absolute atomic E-state index is 0.0662. The standard InChI is InChI=1S/C36H52N8O6S2/c1-13(2)21-33-41-25(17(9)49-33)29(45)39-24(16(7)8)36-44-28(20(12)52-36)32(48)38-22(14(3)4)34-42-26(18(10)50-34)30(46)40-23(15(5)6)35-43-27(19(11)51-35)31(47)37-21/h13-18,21-26H,1-12H3,(H,37,47)(H,38,48)(H,39,45)(H,40,46)/t17-,18-,21+,22+,23-,24-,25-,26+/m1/s1. The van der Waals surface area contributed by atoms with Crippen molar-refractivity contribution in [3.63, 3.8) is 0 Å². The van der Waals surface area contributed by atoms with E-state index in [4.69, 9.17) is 29.4 Å². The molecule has 16 heteroatoms. The predicted octanol–water partition coefficient (Wildman–Crippen LogP) is 4.44. The van der Waals surface area contributed by atoms with E-state index in [0.29, 0.717) is 19.8 Å². The van der Waals surface area contributed by atoms with Crippen LogP contribution in [0.15, 0.2) is 9.98 Å². The highest BCUT2D eigenvalue weighted by atomic mass is 32.1. The summed E-state index contributed by atoms with van der Waals surface area (Å²) in [7, 11) is 0. The molecule has 0 unspecified atom stereocenters. The lowest BCUT2D eigenvalue weighted by Gasteiger charge is -2.23. The summed E-state index contributed by atoms with van der Waals surface area (Å²) < 4.78 is 12.3. The van der Waals surface area contributed by atoms with E-state index in [1.54, 1.807) is 13.8 Å². The minimum Gasteiger partial charge on any atom is -0.474 e. The lowest BCUT2D eigenvalue weighted by Crippen LogP contribution is -2.45. The Labute approximate surface area is 313 Å². The van der Waals surface area contributed by atoms with Crippen LogP contribution < -0.4 is 21.3 Å². The maximum Gasteiger partial charge on any atom is 0.271 e. The molecule has 0 fully saturated rings. The van der Waals surface area contributed by atoms with E-state index in [2.05, 4.69) is 21.3 Å². The third kappa shape index (κ3) is 8.02. The third-order valence-corrected chi connectivity index (χ3v) is 11.6. The molecule has 2 aromatic heterocycles. The Hall–Kier alpha value is -3.92. The number of amides is 4. The van der Waals surface area contributed by atoms with Crippen molar-refractivity contribution < 1.29 is 28.7 Å². The van der Waals surface area contributed by atoms with E-state index < -0.39 is 60.3 Å². The molecule has 14 nitrogen and oxygen atoms in total. The number of nitrogens with zero attached hydrogens (tertiary/aromatic N) is 4. The molecule has 8 atom stereocenters. The maximum absolute atomic E-state index is 13.8. The molecule has 2 aromatic rings. The molecular formula is C36H52N8O6S2. The van der Waals surface area contributed by atoms with Crippen LogP contribution >= 0.6 is 22.7 Å². The summed E-state index contributed by atoms with van der Waals surface area (Å²) in [5, 5.41) is 13.5. The van der Waals surface area contributed by atoms with E-state index in [1.807, 2.05) is 69.2 Å². The summed E-state index contributed by atoms with van der Waals surface area (Å²) in [6.07, 6.45) is -1.18. The molecule has 5 rings (SSSR count). The molecule has 8 bridgehead atoms. The first kappa shape index (κ1) is 39.3. The summed E-state index contributed by atoms with van der Waals surface area (Å²) in [6.45, 7) is 22.8. The number of thiazole rings is 2. The van der Waals surface area contributed by atoms with Crippen molar-refractivity contribution in [3.05, 3.63) is 31.2 Å². The van der Waals surface area contributed by atoms with Gasteiger partial charge in [0.15, 0.2) is 12.1 Å². The van der Waals surface area contributed by atoms with Gasteiger partial charge in [-0.25, -0.2) is 20.0 Å². The van der Waals surface area contributed by atoms with Gasteiger partial charge in [-0.2, -0.15) is 0 Å². The fraction of sp³-hybridized carbons (Fsp3) is 0.667. The molecule has 0 spiro atoms. The Morgan fingerprint density at radius 3 is 1.17 bits per heavy atom. The first-order valence-electron chi connectivity index (χ1n) is 18.0. The van der Waals surface area contributed by atoms with E-state index in [0.717, 1.165) is 0 Å². The predicted molar refractivity (Wildman–Crippen MR) is 201 cm³/mol. The summed E-state index contributed by atoms with van der Waals surface area (Å²) in [5.74, 6) is -1.35. The van der Waals surface area contributed by atoms with Crippen LogP contribution in [0.3, 0.4) is 0 Å². The average Bonchev–Trinajstić information content (AvgIpc) is 3.83. The van der Waals surface area contributed by atoms with Crippen molar-refractivity contribution in [3.8, 4) is 0 Å². The van der Waals surface area contributed by atoms with Crippen LogP contribution in [0, 0.1) is 37.5 Å². The van der Waals surface area contributed by atoms with Gasteiger partial charge in [0.05, 0.1) is 12.1 Å². The van der Waals surface area contributed by atoms with Crippen molar-refractivity contribution >= 4 is 58.1 Å². The number of nitrogens with one attached hydrogen (secondary N) is 4. The molecule has 0 saturated heterocycles. The molecule has 3 aliphatic heterocycles. The van der Waals surface area contributed by atoms with Gasteiger partial charge in [-0.1, -0.05) is 55.4 Å². The second-order valence-electron chi connectivity index (χ2n) is 15.2. The normalized spacial score (nSPS) is 28.8. The zero-order valence-corrected chi connectivity index (χ0v) is 33.6. The average molecular weight is 757 g/mol. The molecule has 0 radical (unpaired) electrons. The Balaban J connectivity index is 1.57. The van der Waals surface area contributed by atoms with Gasteiger partial charge in [0.1, 0.15) is 45.7 Å². The highest BCUT2D eigenvalue weighted by molar-refractivity contribution is 7.12. The smallest absolute Gasteiger partial charge is 0.271 e. The van der Waals surface area contributed by atoms with Crippen molar-refractivity contribution in [1.29, 1.82) is 0 Å². The molecule has 5 heterocycles. The van der Waals surface area contributed by atoms with E-state index in [1.165, 1.54) is 22.7 Å². The Bertz CT molecular complexity index is 1640. The van der Waals surface area contributed by atoms with Gasteiger partial charge in [0, 0.05) is 9.75 Å². The van der Waals surface area contributed by atoms with Crippen molar-refractivity contribution in [2.75, 3.05) is 0 Å². The quantitative estimate of drug-likeness (QED) is 0.353. The third-order valence-electron chi connectivity index (χ3n) is 9.53. The van der Waals surface area contributed by atoms with Gasteiger partial charge in [-0.3, -0.25) is 19.2 Å². The van der Waals surface area contributed by atoms with Crippen molar-refractivity contribution in [2.45, 2.75) is 132 Å². The molecule has 0 aliphatic carbocycles. The molecule has 4 N–H and O–H groups in total. The topological polar surface area (TPSA) is 185 Å². The van der Waals surface area contributed by atoms with Crippen LogP contribution in [0.25, 0.3) is 0 Å². The molecule has 4 amide bonds. The van der Waals surface area contributed by atoms with Crippen LogP contribution in [0.2, 0.25) is 0 Å². The van der Waals surface area contributed by atoms with Crippen LogP contribution in [-0.4, -0.2) is 81.8 Å². The number of carbonyl (C=O) groups excluding carboxylic acids is 4. The van der Waals surface area contributed by atoms with Crippen LogP contribution in [-0.2, 0) is 19.1 Å². The number of aryl methyl sites for hydroxylation is 2. The van der Waals surface area contributed by atoms with E-state index >= 15 is 0 Å². The lowest BCUT2D eigenvalue weighted by atomic mass is 10.0. The van der Waals surface area contributed by atoms with Crippen LogP contribution in [0.5, 0.6) is 0 Å². The molecule has 3 aliphatic rings. The maximum atomic E-state index is 13.8. The van der Waals surface area contributed by atoms with E-state index in [9.17, 15) is 19.2 Å². The summed E-state index contributed by atoms with van der Waals surface area (Å²) in [5.41, 5.74) is 0.486. The van der Waals surface area contributed by atoms with Gasteiger partial charge in [-0.05, 0) is 51.4 Å². The molecule has 52 heavy (non-hydrogen) atoms. The first-order valence-corrected chi connectivity index (χ1v) is 19.7. The number of carbonyl (C=O) groups is 4. The largest absolute Gasteiger partial charge is 0.474 e. The number of hydrogen-bond acceptors (Lipinski definition) is 12. The van der Waals surface area contributed by atoms with E-state index in [-0.39, 0.29) is 58.7 Å². The van der Waals surface area contributed by atoms with Crippen LogP contribution in [0.4, 0.5) is 0 Å². The monoisotopic (exact) mass is 756 g/mol. The second-order valence-corrected chi connectivity index (χ2v) is 17.7. The minimum atomic E-state index is -0.864. The molecular weight excluding hydrogens is 705 g/mol. The van der Waals surface area contributed by atoms with Gasteiger partial charge in [-0.15, -0.1) is 22.7 Å². The number of aromatic nitrogens is 2. The van der Waals surface area contributed by atoms with Crippen LogP contribution in [0.1, 0.15) is 122 Å². The summed E-state index contributed by atoms with van der Waals surface area (Å²) in [6, 6.07) is -3.99. The molecule has 0 aromatic carbocycles. The summed E-state index contributed by atoms with van der Waals surface area (Å²) >= 11 is 2.69. The van der Waals surface area contributed by atoms with Crippen molar-refractivity contribution in [2.24, 2.45) is 33.7 Å². The number of ether oxygens (including phenoxy) is 2. The fourth-order valence-electron chi connectivity index (χ4n) is 6.38. The molecule has 0 saturated carbocycles. The SMILES string of the molecule is Cc1sc2nc1C(=O)N[C@@H](C(C)C)C1=N[C@@H](C(=O)N[C@H](C(C)C)c3nc(c(C)s3)C(=O)N[C@@H](C(C)C)C3=N[C@H](C(=O)N[C@@H]2C(C)C)[C@@H](C)O3)[C@@H](C)O1. The van der Waals surface area contributed by atoms with Gasteiger partial charge >= 0.3 is 0 Å². The fourth-order valence-corrected chi connectivity index (χ4v) is 8.66. The Morgan fingerprint density at radius 1 is 0.538 bits per heavy atom. The summed E-state index contributed by atoms with van der Waals surface area (Å²) in [4.78, 5) is 75.4. The van der Waals surface area contributed by atoms with Gasteiger partial charge in [0.2, 0.25) is 23.6 Å².